The number of benzene rings is 4. The predicted octanol–water partition coefficient (Wildman–Crippen LogP) is 2.83. The fraction of sp³-hybridized carbons (Fsp3) is 0.0370. The Morgan fingerprint density at radius 3 is 1.34 bits per heavy atom. The van der Waals surface area contributed by atoms with Crippen LogP contribution in [0.5, 0.6) is 0 Å². The van der Waals surface area contributed by atoms with Gasteiger partial charge in [-0.05, 0) is 47.5 Å². The molecule has 0 spiro atoms. The maximum absolute atomic E-state index is 4.05. The Hall–Kier alpha value is -2.66. The third kappa shape index (κ3) is 4.20. The van der Waals surface area contributed by atoms with E-state index in [4.69, 9.17) is 0 Å². The Morgan fingerprint density at radius 1 is 0.552 bits per heavy atom. The van der Waals surface area contributed by atoms with Crippen molar-refractivity contribution in [2.75, 3.05) is 0 Å². The molecule has 0 heterocycles. The van der Waals surface area contributed by atoms with Crippen LogP contribution in [0, 0.1) is 0 Å². The molecule has 0 aliphatic heterocycles. The largest absolute Gasteiger partial charge is 1.00 e. The van der Waals surface area contributed by atoms with Crippen LogP contribution in [0.15, 0.2) is 122 Å². The minimum Gasteiger partial charge on any atom is -1.00 e. The molecular formula is C27H24ClP. The molecule has 0 radical (unpaired) electrons. The van der Waals surface area contributed by atoms with Gasteiger partial charge in [0.15, 0.2) is 0 Å². The molecule has 0 bridgehead atoms. The molecule has 0 aliphatic carbocycles. The van der Waals surface area contributed by atoms with Crippen LogP contribution in [0.2, 0.25) is 0 Å². The van der Waals surface area contributed by atoms with Crippen LogP contribution in [0.1, 0.15) is 11.1 Å². The summed E-state index contributed by atoms with van der Waals surface area (Å²) in [6.07, 6.45) is 2.96. The first kappa shape index (κ1) is 21.1. The molecule has 29 heavy (non-hydrogen) atoms. The Balaban J connectivity index is 0.00000240. The van der Waals surface area contributed by atoms with Crippen LogP contribution in [0.3, 0.4) is 0 Å². The smallest absolute Gasteiger partial charge is 0.116 e. The molecule has 4 rings (SSSR count). The van der Waals surface area contributed by atoms with Gasteiger partial charge in [-0.1, -0.05) is 91.5 Å². The molecular weight excluding hydrogens is 391 g/mol. The zero-order valence-corrected chi connectivity index (χ0v) is 17.9. The molecule has 0 aliphatic rings. The highest BCUT2D eigenvalue weighted by Gasteiger charge is 2.45. The second-order valence-corrected chi connectivity index (χ2v) is 10.4. The van der Waals surface area contributed by atoms with Gasteiger partial charge in [-0.25, -0.2) is 0 Å². The lowest BCUT2D eigenvalue weighted by Gasteiger charge is -2.28. The molecule has 2 heteroatoms. The van der Waals surface area contributed by atoms with Crippen molar-refractivity contribution in [3.63, 3.8) is 0 Å². The fourth-order valence-electron chi connectivity index (χ4n) is 3.90. The second-order valence-electron chi connectivity index (χ2n) is 6.88. The summed E-state index contributed by atoms with van der Waals surface area (Å²) in [6, 6.07) is 41.7. The normalized spacial score (nSPS) is 10.8. The average molecular weight is 415 g/mol. The first-order valence-electron chi connectivity index (χ1n) is 9.60. The van der Waals surface area contributed by atoms with E-state index >= 15 is 0 Å². The van der Waals surface area contributed by atoms with Crippen molar-refractivity contribution in [1.29, 1.82) is 0 Å². The monoisotopic (exact) mass is 414 g/mol. The summed E-state index contributed by atoms with van der Waals surface area (Å²) in [5.74, 6) is 0. The third-order valence-corrected chi connectivity index (χ3v) is 9.63. The molecule has 0 unspecified atom stereocenters. The van der Waals surface area contributed by atoms with E-state index in [-0.39, 0.29) is 12.4 Å². The van der Waals surface area contributed by atoms with Gasteiger partial charge < -0.3 is 12.4 Å². The van der Waals surface area contributed by atoms with Crippen LogP contribution in [0.25, 0.3) is 6.08 Å². The van der Waals surface area contributed by atoms with Gasteiger partial charge in [0, 0.05) is 0 Å². The lowest BCUT2D eigenvalue weighted by molar-refractivity contribution is -0.00000539. The molecule has 144 valence electrons. The van der Waals surface area contributed by atoms with E-state index in [9.17, 15) is 0 Å². The van der Waals surface area contributed by atoms with Crippen molar-refractivity contribution < 1.29 is 12.4 Å². The van der Waals surface area contributed by atoms with E-state index in [1.165, 1.54) is 27.0 Å². The van der Waals surface area contributed by atoms with Crippen LogP contribution in [-0.2, 0) is 6.16 Å². The zero-order valence-electron chi connectivity index (χ0n) is 16.3. The molecule has 4 aromatic rings. The average Bonchev–Trinajstić information content (AvgIpc) is 2.79. The van der Waals surface area contributed by atoms with E-state index in [1.807, 2.05) is 6.08 Å². The Bertz CT molecular complexity index is 947. The molecule has 0 N–H and O–H groups in total. The molecule has 0 aromatic heterocycles. The number of hydrogen-bond acceptors (Lipinski definition) is 0. The maximum atomic E-state index is 4.05. The summed E-state index contributed by atoms with van der Waals surface area (Å²) in [6.45, 7) is 4.05. The third-order valence-electron chi connectivity index (χ3n) is 5.27. The van der Waals surface area contributed by atoms with Gasteiger partial charge in [0.25, 0.3) is 0 Å². The quantitative estimate of drug-likeness (QED) is 0.426. The number of halogens is 1. The Kier molecular flexibility index (Phi) is 7.04. The first-order chi connectivity index (χ1) is 13.8. The molecule has 0 fully saturated rings. The summed E-state index contributed by atoms with van der Waals surface area (Å²) in [5, 5.41) is 4.23. The Morgan fingerprint density at radius 2 is 0.931 bits per heavy atom. The molecule has 0 amide bonds. The zero-order chi connectivity index (χ0) is 19.2. The topological polar surface area (TPSA) is 0 Å². The van der Waals surface area contributed by atoms with E-state index in [0.717, 1.165) is 6.16 Å². The standard InChI is InChI=1S/C27H24P.ClH/c1-2-23-14-12-13-15-24(23)22-28(25-16-6-3-7-17-25,26-18-8-4-9-19-26)27-20-10-5-11-21-27;/h2-21H,1,22H2;1H/q+1;/p-1. The van der Waals surface area contributed by atoms with Crippen molar-refractivity contribution in [3.05, 3.63) is 133 Å². The molecule has 0 atom stereocenters. The SMILES string of the molecule is C=Cc1ccccc1C[P+](c1ccccc1)(c1ccccc1)c1ccccc1.[Cl-]. The van der Waals surface area contributed by atoms with Gasteiger partial charge in [0.05, 0.1) is 6.16 Å². The van der Waals surface area contributed by atoms with Gasteiger partial charge in [-0.2, -0.15) is 0 Å². The highest BCUT2D eigenvalue weighted by molar-refractivity contribution is 7.95. The molecule has 0 nitrogen and oxygen atoms in total. The van der Waals surface area contributed by atoms with E-state index in [2.05, 4.69) is 122 Å². The summed E-state index contributed by atoms with van der Waals surface area (Å²) in [4.78, 5) is 0. The summed E-state index contributed by atoms with van der Waals surface area (Å²) in [5.41, 5.74) is 2.57. The van der Waals surface area contributed by atoms with Crippen molar-refractivity contribution in [2.24, 2.45) is 0 Å². The van der Waals surface area contributed by atoms with Crippen LogP contribution in [0.4, 0.5) is 0 Å². The minimum absolute atomic E-state index is 0. The highest BCUT2D eigenvalue weighted by Crippen LogP contribution is 2.58. The molecule has 0 saturated carbocycles. The van der Waals surface area contributed by atoms with Crippen molar-refractivity contribution >= 4 is 29.3 Å². The van der Waals surface area contributed by atoms with Crippen LogP contribution < -0.4 is 28.3 Å². The summed E-state index contributed by atoms with van der Waals surface area (Å²) in [7, 11) is -1.86. The van der Waals surface area contributed by atoms with Gasteiger partial charge in [0.2, 0.25) is 0 Å². The van der Waals surface area contributed by atoms with Crippen molar-refractivity contribution in [1.82, 2.24) is 0 Å². The number of rotatable bonds is 6. The lowest BCUT2D eigenvalue weighted by Crippen LogP contribution is -3.00. The van der Waals surface area contributed by atoms with E-state index in [1.54, 1.807) is 0 Å². The van der Waals surface area contributed by atoms with Crippen LogP contribution in [-0.4, -0.2) is 0 Å². The van der Waals surface area contributed by atoms with E-state index < -0.39 is 7.26 Å². The number of hydrogen-bond donors (Lipinski definition) is 0. The Labute approximate surface area is 180 Å². The minimum atomic E-state index is -1.86. The van der Waals surface area contributed by atoms with Crippen molar-refractivity contribution in [2.45, 2.75) is 6.16 Å². The van der Waals surface area contributed by atoms with Crippen LogP contribution >= 0.6 is 7.26 Å². The fourth-order valence-corrected chi connectivity index (χ4v) is 8.19. The highest BCUT2D eigenvalue weighted by atomic mass is 35.5. The van der Waals surface area contributed by atoms with Gasteiger partial charge >= 0.3 is 0 Å². The lowest BCUT2D eigenvalue weighted by atomic mass is 10.1. The summed E-state index contributed by atoms with van der Waals surface area (Å²) >= 11 is 0. The molecule has 4 aromatic carbocycles. The van der Waals surface area contributed by atoms with E-state index in [0.29, 0.717) is 0 Å². The van der Waals surface area contributed by atoms with Crippen molar-refractivity contribution in [3.8, 4) is 0 Å². The van der Waals surface area contributed by atoms with Gasteiger partial charge in [-0.3, -0.25) is 0 Å². The van der Waals surface area contributed by atoms with Gasteiger partial charge in [0.1, 0.15) is 23.2 Å². The summed E-state index contributed by atoms with van der Waals surface area (Å²) < 4.78 is 0. The first-order valence-corrected chi connectivity index (χ1v) is 11.6. The maximum Gasteiger partial charge on any atom is 0.116 e. The van der Waals surface area contributed by atoms with Gasteiger partial charge in [-0.15, -0.1) is 0 Å². The second kappa shape index (κ2) is 9.70. The predicted molar refractivity (Wildman–Crippen MR) is 125 cm³/mol. The molecule has 0 saturated heterocycles.